The number of alkyl halides is 1. The van der Waals surface area contributed by atoms with Crippen molar-refractivity contribution in [2.75, 3.05) is 5.33 Å². The minimum Gasteiger partial charge on any atom is -0.205 e. The molecule has 2 rings (SSSR count). The van der Waals surface area contributed by atoms with Gasteiger partial charge in [-0.3, -0.25) is 0 Å². The normalized spacial score (nSPS) is 30.4. The summed E-state index contributed by atoms with van der Waals surface area (Å²) in [6, 6.07) is 5.04. The van der Waals surface area contributed by atoms with Crippen LogP contribution in [-0.2, 0) is 5.41 Å². The lowest BCUT2D eigenvalue weighted by molar-refractivity contribution is 0.624. The van der Waals surface area contributed by atoms with Gasteiger partial charge in [0, 0.05) is 5.33 Å². The summed E-state index contributed by atoms with van der Waals surface area (Å²) in [5.74, 6) is 0.319. The third-order valence-electron chi connectivity index (χ3n) is 3.18. The Morgan fingerprint density at radius 2 is 2.36 bits per heavy atom. The highest BCUT2D eigenvalue weighted by molar-refractivity contribution is 9.09. The molecule has 0 N–H and O–H groups in total. The first-order chi connectivity index (χ1) is 6.58. The monoisotopic (exact) mass is 276 g/mol. The average Bonchev–Trinajstić information content (AvgIpc) is 2.83. The van der Waals surface area contributed by atoms with E-state index in [1.165, 1.54) is 6.07 Å². The summed E-state index contributed by atoms with van der Waals surface area (Å²) in [5, 5.41) is 1.22. The molecule has 1 aliphatic carbocycles. The molecule has 1 aliphatic rings. The molecule has 3 heteroatoms. The predicted octanol–water partition coefficient (Wildman–Crippen LogP) is 4.15. The second-order valence-electron chi connectivity index (χ2n) is 4.10. The Bertz CT molecular complexity index is 366. The Balaban J connectivity index is 2.31. The molecule has 14 heavy (non-hydrogen) atoms. The maximum absolute atomic E-state index is 12.9. The lowest BCUT2D eigenvalue weighted by Gasteiger charge is -2.11. The van der Waals surface area contributed by atoms with Gasteiger partial charge < -0.3 is 0 Å². The highest BCUT2D eigenvalue weighted by atomic mass is 79.9. The van der Waals surface area contributed by atoms with Crippen LogP contribution in [0, 0.1) is 11.7 Å². The van der Waals surface area contributed by atoms with Gasteiger partial charge in [0.05, 0.1) is 5.02 Å². The lowest BCUT2D eigenvalue weighted by atomic mass is 9.96. The van der Waals surface area contributed by atoms with E-state index in [9.17, 15) is 4.39 Å². The molecule has 1 saturated carbocycles. The van der Waals surface area contributed by atoms with Gasteiger partial charge >= 0.3 is 0 Å². The van der Waals surface area contributed by atoms with Gasteiger partial charge in [0.2, 0.25) is 0 Å². The van der Waals surface area contributed by atoms with Crippen LogP contribution in [-0.4, -0.2) is 5.33 Å². The quantitative estimate of drug-likeness (QED) is 0.712. The van der Waals surface area contributed by atoms with Crippen molar-refractivity contribution in [1.29, 1.82) is 0 Å². The van der Waals surface area contributed by atoms with Crippen LogP contribution in [0.25, 0.3) is 0 Å². The van der Waals surface area contributed by atoms with E-state index >= 15 is 0 Å². The highest BCUT2D eigenvalue weighted by Gasteiger charge is 2.50. The zero-order valence-electron chi connectivity index (χ0n) is 7.86. The van der Waals surface area contributed by atoms with Crippen molar-refractivity contribution in [2.45, 2.75) is 18.8 Å². The van der Waals surface area contributed by atoms with Crippen molar-refractivity contribution in [3.8, 4) is 0 Å². The van der Waals surface area contributed by atoms with E-state index in [1.54, 1.807) is 6.07 Å². The minimum atomic E-state index is -0.338. The van der Waals surface area contributed by atoms with Crippen molar-refractivity contribution < 1.29 is 4.39 Å². The Morgan fingerprint density at radius 3 is 2.86 bits per heavy atom. The minimum absolute atomic E-state index is 0.195. The van der Waals surface area contributed by atoms with Crippen LogP contribution >= 0.6 is 27.5 Å². The molecular weight excluding hydrogens is 266 g/mol. The molecule has 1 fully saturated rings. The zero-order chi connectivity index (χ0) is 10.3. The third-order valence-corrected chi connectivity index (χ3v) is 4.25. The fourth-order valence-electron chi connectivity index (χ4n) is 1.88. The van der Waals surface area contributed by atoms with Gasteiger partial charge in [-0.15, -0.1) is 0 Å². The summed E-state index contributed by atoms with van der Waals surface area (Å²) in [6.45, 7) is 2.20. The van der Waals surface area contributed by atoms with Crippen molar-refractivity contribution in [3.63, 3.8) is 0 Å². The second-order valence-corrected chi connectivity index (χ2v) is 5.16. The number of rotatable bonds is 2. The van der Waals surface area contributed by atoms with Crippen LogP contribution in [0.15, 0.2) is 18.2 Å². The number of halogens is 3. The molecule has 0 radical (unpaired) electrons. The van der Waals surface area contributed by atoms with E-state index in [2.05, 4.69) is 22.9 Å². The Labute approximate surface area is 96.6 Å². The van der Waals surface area contributed by atoms with Crippen LogP contribution < -0.4 is 0 Å². The second kappa shape index (κ2) is 3.49. The van der Waals surface area contributed by atoms with E-state index in [4.69, 9.17) is 11.6 Å². The summed E-state index contributed by atoms with van der Waals surface area (Å²) < 4.78 is 12.9. The average molecular weight is 278 g/mol. The maximum Gasteiger partial charge on any atom is 0.141 e. The summed E-state index contributed by atoms with van der Waals surface area (Å²) in [6.07, 6.45) is 1.15. The number of hydrogen-bond donors (Lipinski definition) is 0. The van der Waals surface area contributed by atoms with Gasteiger partial charge in [-0.05, 0) is 35.4 Å². The Kier molecular flexibility index (Phi) is 2.61. The summed E-state index contributed by atoms with van der Waals surface area (Å²) in [4.78, 5) is 0. The topological polar surface area (TPSA) is 0 Å². The van der Waals surface area contributed by atoms with E-state index in [0.29, 0.717) is 5.92 Å². The molecule has 2 atom stereocenters. The number of hydrogen-bond acceptors (Lipinski definition) is 0. The van der Waals surface area contributed by atoms with Crippen molar-refractivity contribution in [3.05, 3.63) is 34.6 Å². The first kappa shape index (κ1) is 10.4. The predicted molar refractivity (Wildman–Crippen MR) is 60.7 cm³/mol. The van der Waals surface area contributed by atoms with Crippen molar-refractivity contribution in [2.24, 2.45) is 5.92 Å². The molecule has 0 spiro atoms. The molecule has 1 aromatic rings. The largest absolute Gasteiger partial charge is 0.205 e. The molecule has 0 heterocycles. The molecule has 0 aliphatic heterocycles. The number of benzene rings is 1. The summed E-state index contributed by atoms with van der Waals surface area (Å²) >= 11 is 9.23. The van der Waals surface area contributed by atoms with Crippen LogP contribution in [0.2, 0.25) is 5.02 Å². The van der Waals surface area contributed by atoms with Gasteiger partial charge in [0.15, 0.2) is 0 Å². The fourth-order valence-corrected chi connectivity index (χ4v) is 3.01. The molecule has 0 saturated heterocycles. The Hall–Kier alpha value is -0.0800. The highest BCUT2D eigenvalue weighted by Crippen LogP contribution is 2.54. The SMILES string of the molecule is CC1(c2ccc(F)c(Cl)c2)CC1CBr. The van der Waals surface area contributed by atoms with Crippen molar-refractivity contribution in [1.82, 2.24) is 0 Å². The molecule has 0 aromatic heterocycles. The van der Waals surface area contributed by atoms with Gasteiger partial charge in [0.25, 0.3) is 0 Å². The van der Waals surface area contributed by atoms with E-state index in [-0.39, 0.29) is 16.3 Å². The van der Waals surface area contributed by atoms with Gasteiger partial charge in [-0.25, -0.2) is 4.39 Å². The van der Waals surface area contributed by atoms with E-state index in [1.807, 2.05) is 6.07 Å². The van der Waals surface area contributed by atoms with E-state index in [0.717, 1.165) is 17.3 Å². The lowest BCUT2D eigenvalue weighted by Crippen LogP contribution is -2.05. The molecule has 76 valence electrons. The van der Waals surface area contributed by atoms with Gasteiger partial charge in [-0.1, -0.05) is 40.5 Å². The van der Waals surface area contributed by atoms with Gasteiger partial charge in [-0.2, -0.15) is 0 Å². The van der Waals surface area contributed by atoms with Crippen LogP contribution in [0.4, 0.5) is 4.39 Å². The molecule has 0 amide bonds. The first-order valence-corrected chi connectivity index (χ1v) is 6.09. The third kappa shape index (κ3) is 1.59. The summed E-state index contributed by atoms with van der Waals surface area (Å²) in [7, 11) is 0. The van der Waals surface area contributed by atoms with Crippen molar-refractivity contribution >= 4 is 27.5 Å². The Morgan fingerprint density at radius 1 is 1.64 bits per heavy atom. The van der Waals surface area contributed by atoms with Crippen LogP contribution in [0.1, 0.15) is 18.9 Å². The molecular formula is C11H11BrClF. The van der Waals surface area contributed by atoms with E-state index < -0.39 is 0 Å². The van der Waals surface area contributed by atoms with Crippen LogP contribution in [0.5, 0.6) is 0 Å². The molecule has 0 bridgehead atoms. The zero-order valence-corrected chi connectivity index (χ0v) is 10.2. The first-order valence-electron chi connectivity index (χ1n) is 4.59. The molecule has 0 nitrogen and oxygen atoms in total. The molecule has 1 aromatic carbocycles. The van der Waals surface area contributed by atoms with Crippen LogP contribution in [0.3, 0.4) is 0 Å². The standard InChI is InChI=1S/C11H11BrClF/c1-11(5-8(11)6-12)7-2-3-10(14)9(13)4-7/h2-4,8H,5-6H2,1H3. The van der Waals surface area contributed by atoms with Gasteiger partial charge in [0.1, 0.15) is 5.82 Å². The maximum atomic E-state index is 12.9. The fraction of sp³-hybridized carbons (Fsp3) is 0.455. The summed E-state index contributed by atoms with van der Waals surface area (Å²) in [5.41, 5.74) is 1.34. The molecule has 2 unspecified atom stereocenters. The smallest absolute Gasteiger partial charge is 0.141 e.